The summed E-state index contributed by atoms with van der Waals surface area (Å²) in [5, 5.41) is 13.1. The van der Waals surface area contributed by atoms with Crippen LogP contribution in [0.5, 0.6) is 11.5 Å². The number of carbonyl (C=O) groups excluding carboxylic acids is 1. The van der Waals surface area contributed by atoms with E-state index >= 15 is 0 Å². The SMILES string of the molecule is COc1ccc(C(C)NC(C(N)=O)C(C)C)c(O)c1. The smallest absolute Gasteiger partial charge is 0.234 e. The van der Waals surface area contributed by atoms with E-state index in [0.29, 0.717) is 11.3 Å². The Morgan fingerprint density at radius 1 is 1.37 bits per heavy atom. The lowest BCUT2D eigenvalue weighted by molar-refractivity contribution is -0.121. The normalized spacial score (nSPS) is 14.2. The van der Waals surface area contributed by atoms with Crippen LogP contribution in [-0.2, 0) is 4.79 Å². The Hall–Kier alpha value is -1.75. The van der Waals surface area contributed by atoms with E-state index in [4.69, 9.17) is 10.5 Å². The summed E-state index contributed by atoms with van der Waals surface area (Å²) in [6.45, 7) is 5.71. The van der Waals surface area contributed by atoms with Crippen molar-refractivity contribution in [3.05, 3.63) is 23.8 Å². The second-order valence-electron chi connectivity index (χ2n) is 4.94. The van der Waals surface area contributed by atoms with Crippen molar-refractivity contribution in [1.29, 1.82) is 0 Å². The van der Waals surface area contributed by atoms with Gasteiger partial charge in [0.05, 0.1) is 13.2 Å². The highest BCUT2D eigenvalue weighted by Crippen LogP contribution is 2.28. The predicted molar refractivity (Wildman–Crippen MR) is 74.0 cm³/mol. The first-order chi connectivity index (χ1) is 8.86. The fraction of sp³-hybridized carbons (Fsp3) is 0.500. The third-order valence-corrected chi connectivity index (χ3v) is 3.11. The van der Waals surface area contributed by atoms with Crippen LogP contribution in [0.3, 0.4) is 0 Å². The first-order valence-electron chi connectivity index (χ1n) is 6.29. The van der Waals surface area contributed by atoms with Crippen LogP contribution in [0.4, 0.5) is 0 Å². The van der Waals surface area contributed by atoms with Gasteiger partial charge in [0.15, 0.2) is 0 Å². The van der Waals surface area contributed by atoms with E-state index in [1.807, 2.05) is 20.8 Å². The number of ether oxygens (including phenoxy) is 1. The Bertz CT molecular complexity index is 446. The number of hydrogen-bond acceptors (Lipinski definition) is 4. The van der Waals surface area contributed by atoms with Crippen LogP contribution in [0.2, 0.25) is 0 Å². The molecule has 5 nitrogen and oxygen atoms in total. The number of benzene rings is 1. The zero-order valence-corrected chi connectivity index (χ0v) is 11.8. The zero-order chi connectivity index (χ0) is 14.6. The quantitative estimate of drug-likeness (QED) is 0.729. The van der Waals surface area contributed by atoms with Crippen molar-refractivity contribution in [3.8, 4) is 11.5 Å². The van der Waals surface area contributed by atoms with Crippen molar-refractivity contribution in [1.82, 2.24) is 5.32 Å². The van der Waals surface area contributed by atoms with Gasteiger partial charge >= 0.3 is 0 Å². The maximum atomic E-state index is 11.4. The Morgan fingerprint density at radius 2 is 2.00 bits per heavy atom. The lowest BCUT2D eigenvalue weighted by atomic mass is 10.00. The molecule has 106 valence electrons. The molecule has 0 aromatic heterocycles. The van der Waals surface area contributed by atoms with Gasteiger partial charge in [-0.2, -0.15) is 0 Å². The number of carbonyl (C=O) groups is 1. The van der Waals surface area contributed by atoms with E-state index < -0.39 is 11.9 Å². The number of aromatic hydroxyl groups is 1. The topological polar surface area (TPSA) is 84.6 Å². The summed E-state index contributed by atoms with van der Waals surface area (Å²) in [5.41, 5.74) is 6.07. The maximum absolute atomic E-state index is 11.4. The van der Waals surface area contributed by atoms with Crippen LogP contribution < -0.4 is 15.8 Å². The molecule has 1 aromatic rings. The Morgan fingerprint density at radius 3 is 2.42 bits per heavy atom. The molecule has 2 atom stereocenters. The summed E-state index contributed by atoms with van der Waals surface area (Å²) in [7, 11) is 1.54. The van der Waals surface area contributed by atoms with Gasteiger partial charge in [0, 0.05) is 17.7 Å². The fourth-order valence-electron chi connectivity index (χ4n) is 1.98. The van der Waals surface area contributed by atoms with E-state index in [0.717, 1.165) is 0 Å². The highest BCUT2D eigenvalue weighted by Gasteiger charge is 2.23. The number of phenols is 1. The van der Waals surface area contributed by atoms with Gasteiger partial charge in [-0.05, 0) is 18.9 Å². The molecule has 0 heterocycles. The summed E-state index contributed by atoms with van der Waals surface area (Å²) in [5.74, 6) is 0.408. The molecular weight excluding hydrogens is 244 g/mol. The number of primary amides is 1. The molecule has 0 radical (unpaired) electrons. The molecule has 0 aliphatic carbocycles. The molecular formula is C14H22N2O3. The van der Waals surface area contributed by atoms with Crippen molar-refractivity contribution in [2.75, 3.05) is 7.11 Å². The molecule has 19 heavy (non-hydrogen) atoms. The molecule has 0 aliphatic rings. The van der Waals surface area contributed by atoms with Crippen molar-refractivity contribution in [2.24, 2.45) is 11.7 Å². The monoisotopic (exact) mass is 266 g/mol. The molecule has 2 unspecified atom stereocenters. The Labute approximate surface area is 113 Å². The maximum Gasteiger partial charge on any atom is 0.234 e. The fourth-order valence-corrected chi connectivity index (χ4v) is 1.98. The van der Waals surface area contributed by atoms with Gasteiger partial charge in [-0.25, -0.2) is 0 Å². The number of rotatable bonds is 6. The number of phenolic OH excluding ortho intramolecular Hbond substituents is 1. The first kappa shape index (κ1) is 15.3. The Balaban J connectivity index is 2.88. The summed E-state index contributed by atoms with van der Waals surface area (Å²) in [6, 6.07) is 4.45. The molecule has 5 heteroatoms. The standard InChI is InChI=1S/C14H22N2O3/c1-8(2)13(14(15)18)16-9(3)11-6-5-10(19-4)7-12(11)17/h5-9,13,16-17H,1-4H3,(H2,15,18). The molecule has 4 N–H and O–H groups in total. The number of nitrogens with two attached hydrogens (primary N) is 1. The third kappa shape index (κ3) is 3.86. The van der Waals surface area contributed by atoms with Crippen molar-refractivity contribution < 1.29 is 14.6 Å². The lowest BCUT2D eigenvalue weighted by Crippen LogP contribution is -2.45. The van der Waals surface area contributed by atoms with Crippen molar-refractivity contribution >= 4 is 5.91 Å². The summed E-state index contributed by atoms with van der Waals surface area (Å²) in [6.07, 6.45) is 0. The van der Waals surface area contributed by atoms with Crippen LogP contribution in [0.1, 0.15) is 32.4 Å². The van der Waals surface area contributed by atoms with Crippen molar-refractivity contribution in [2.45, 2.75) is 32.9 Å². The first-order valence-corrected chi connectivity index (χ1v) is 6.29. The van der Waals surface area contributed by atoms with Crippen LogP contribution in [0.15, 0.2) is 18.2 Å². The van der Waals surface area contributed by atoms with E-state index in [1.54, 1.807) is 18.2 Å². The molecule has 0 aliphatic heterocycles. The molecule has 0 fully saturated rings. The molecule has 0 saturated heterocycles. The van der Waals surface area contributed by atoms with Crippen LogP contribution in [0.25, 0.3) is 0 Å². The van der Waals surface area contributed by atoms with Gasteiger partial charge in [-0.1, -0.05) is 19.9 Å². The van der Waals surface area contributed by atoms with Crippen LogP contribution in [0, 0.1) is 5.92 Å². The van der Waals surface area contributed by atoms with Gasteiger partial charge in [-0.15, -0.1) is 0 Å². The van der Waals surface area contributed by atoms with Gasteiger partial charge in [-0.3, -0.25) is 10.1 Å². The summed E-state index contributed by atoms with van der Waals surface area (Å²) < 4.78 is 5.03. The van der Waals surface area contributed by atoms with Crippen molar-refractivity contribution in [3.63, 3.8) is 0 Å². The summed E-state index contributed by atoms with van der Waals surface area (Å²) >= 11 is 0. The molecule has 0 spiro atoms. The minimum atomic E-state index is -0.434. The minimum absolute atomic E-state index is 0.0836. The summed E-state index contributed by atoms with van der Waals surface area (Å²) in [4.78, 5) is 11.4. The highest BCUT2D eigenvalue weighted by atomic mass is 16.5. The van der Waals surface area contributed by atoms with E-state index in [-0.39, 0.29) is 17.7 Å². The minimum Gasteiger partial charge on any atom is -0.507 e. The molecule has 1 amide bonds. The van der Waals surface area contributed by atoms with Gasteiger partial charge in [0.25, 0.3) is 0 Å². The third-order valence-electron chi connectivity index (χ3n) is 3.11. The molecule has 1 rings (SSSR count). The molecule has 0 saturated carbocycles. The van der Waals surface area contributed by atoms with Crippen LogP contribution >= 0.6 is 0 Å². The number of hydrogen-bond donors (Lipinski definition) is 3. The Kier molecular flexibility index (Phi) is 5.18. The number of nitrogens with one attached hydrogen (secondary N) is 1. The highest BCUT2D eigenvalue weighted by molar-refractivity contribution is 5.80. The number of amides is 1. The lowest BCUT2D eigenvalue weighted by Gasteiger charge is -2.24. The second-order valence-corrected chi connectivity index (χ2v) is 4.94. The van der Waals surface area contributed by atoms with E-state index in [2.05, 4.69) is 5.32 Å². The predicted octanol–water partition coefficient (Wildman–Crippen LogP) is 1.56. The average molecular weight is 266 g/mol. The second kappa shape index (κ2) is 6.43. The van der Waals surface area contributed by atoms with Gasteiger partial charge < -0.3 is 15.6 Å². The average Bonchev–Trinajstić information content (AvgIpc) is 2.34. The molecule has 0 bridgehead atoms. The van der Waals surface area contributed by atoms with E-state index in [9.17, 15) is 9.90 Å². The van der Waals surface area contributed by atoms with Gasteiger partial charge in [0.2, 0.25) is 5.91 Å². The van der Waals surface area contributed by atoms with Gasteiger partial charge in [0.1, 0.15) is 11.5 Å². The zero-order valence-electron chi connectivity index (χ0n) is 11.8. The van der Waals surface area contributed by atoms with Crippen LogP contribution in [-0.4, -0.2) is 24.2 Å². The molecule has 1 aromatic carbocycles. The largest absolute Gasteiger partial charge is 0.507 e. The van der Waals surface area contributed by atoms with E-state index in [1.165, 1.54) is 7.11 Å². The number of methoxy groups -OCH3 is 1.